The van der Waals surface area contributed by atoms with Gasteiger partial charge in [-0.3, -0.25) is 4.98 Å². The van der Waals surface area contributed by atoms with Crippen molar-refractivity contribution in [1.82, 2.24) is 4.98 Å². The summed E-state index contributed by atoms with van der Waals surface area (Å²) >= 11 is 5.13. The van der Waals surface area contributed by atoms with Gasteiger partial charge in [0.1, 0.15) is 16.5 Å². The molecule has 0 fully saturated rings. The number of hydrogen-bond donors (Lipinski definition) is 2. The van der Waals surface area contributed by atoms with Gasteiger partial charge >= 0.3 is 0 Å². The SMILES string of the molecule is Cc1cc(NC(C)c2ccc(C)o2)c(C(N)=S)c(C)n1. The van der Waals surface area contributed by atoms with Crippen LogP contribution in [0.4, 0.5) is 5.69 Å². The van der Waals surface area contributed by atoms with E-state index >= 15 is 0 Å². The number of aryl methyl sites for hydroxylation is 3. The topological polar surface area (TPSA) is 64.1 Å². The molecule has 0 aliphatic rings. The highest BCUT2D eigenvalue weighted by Gasteiger charge is 2.15. The largest absolute Gasteiger partial charge is 0.464 e. The van der Waals surface area contributed by atoms with Gasteiger partial charge in [-0.15, -0.1) is 0 Å². The van der Waals surface area contributed by atoms with E-state index in [1.165, 1.54) is 0 Å². The number of hydrogen-bond acceptors (Lipinski definition) is 4. The fraction of sp³-hybridized carbons (Fsp3) is 0.333. The maximum atomic E-state index is 5.81. The van der Waals surface area contributed by atoms with Crippen molar-refractivity contribution >= 4 is 22.9 Å². The van der Waals surface area contributed by atoms with Crippen molar-refractivity contribution in [1.29, 1.82) is 0 Å². The first kappa shape index (κ1) is 14.5. The first-order valence-corrected chi connectivity index (χ1v) is 6.90. The van der Waals surface area contributed by atoms with Crippen LogP contribution in [0.15, 0.2) is 22.6 Å². The highest BCUT2D eigenvalue weighted by molar-refractivity contribution is 7.80. The molecule has 5 heteroatoms. The van der Waals surface area contributed by atoms with E-state index in [9.17, 15) is 0 Å². The Morgan fingerprint density at radius 2 is 2.05 bits per heavy atom. The third kappa shape index (κ3) is 2.99. The fourth-order valence-corrected chi connectivity index (χ4v) is 2.50. The molecule has 2 aromatic heterocycles. The van der Waals surface area contributed by atoms with E-state index in [4.69, 9.17) is 22.4 Å². The van der Waals surface area contributed by atoms with Gasteiger partial charge in [0.15, 0.2) is 0 Å². The zero-order valence-corrected chi connectivity index (χ0v) is 13.0. The van der Waals surface area contributed by atoms with Crippen LogP contribution in [0.3, 0.4) is 0 Å². The Morgan fingerprint density at radius 3 is 2.60 bits per heavy atom. The van der Waals surface area contributed by atoms with Crippen LogP contribution in [0, 0.1) is 20.8 Å². The van der Waals surface area contributed by atoms with E-state index in [0.29, 0.717) is 4.99 Å². The third-order valence-corrected chi connectivity index (χ3v) is 3.34. The maximum absolute atomic E-state index is 5.81. The van der Waals surface area contributed by atoms with Gasteiger partial charge in [-0.05, 0) is 45.9 Å². The lowest BCUT2D eigenvalue weighted by molar-refractivity contribution is 0.467. The van der Waals surface area contributed by atoms with Crippen LogP contribution in [0.2, 0.25) is 0 Å². The highest BCUT2D eigenvalue weighted by atomic mass is 32.1. The zero-order chi connectivity index (χ0) is 14.9. The molecule has 0 spiro atoms. The monoisotopic (exact) mass is 289 g/mol. The molecule has 106 valence electrons. The van der Waals surface area contributed by atoms with E-state index in [1.807, 2.05) is 45.9 Å². The average molecular weight is 289 g/mol. The minimum absolute atomic E-state index is 0.0259. The van der Waals surface area contributed by atoms with Gasteiger partial charge in [0.05, 0.1) is 11.6 Å². The highest BCUT2D eigenvalue weighted by Crippen LogP contribution is 2.25. The molecule has 1 unspecified atom stereocenters. The van der Waals surface area contributed by atoms with Crippen LogP contribution < -0.4 is 11.1 Å². The molecule has 4 nitrogen and oxygen atoms in total. The number of pyridine rings is 1. The van der Waals surface area contributed by atoms with Crippen molar-refractivity contribution in [2.75, 3.05) is 5.32 Å². The fourth-order valence-electron chi connectivity index (χ4n) is 2.24. The Kier molecular flexibility index (Phi) is 4.09. The summed E-state index contributed by atoms with van der Waals surface area (Å²) in [7, 11) is 0. The predicted octanol–water partition coefficient (Wildman–Crippen LogP) is 3.41. The maximum Gasteiger partial charge on any atom is 0.126 e. The molecule has 0 aliphatic heterocycles. The van der Waals surface area contributed by atoms with Crippen molar-refractivity contribution in [2.24, 2.45) is 5.73 Å². The van der Waals surface area contributed by atoms with Crippen LogP contribution in [-0.4, -0.2) is 9.97 Å². The van der Waals surface area contributed by atoms with Crippen molar-refractivity contribution in [3.05, 3.63) is 46.7 Å². The quantitative estimate of drug-likeness (QED) is 0.844. The molecule has 0 saturated heterocycles. The predicted molar refractivity (Wildman–Crippen MR) is 85.1 cm³/mol. The van der Waals surface area contributed by atoms with Crippen LogP contribution >= 0.6 is 12.2 Å². The average Bonchev–Trinajstić information content (AvgIpc) is 2.74. The second-order valence-corrected chi connectivity index (χ2v) is 5.39. The van der Waals surface area contributed by atoms with Crippen LogP contribution in [-0.2, 0) is 0 Å². The van der Waals surface area contributed by atoms with Crippen LogP contribution in [0.5, 0.6) is 0 Å². The van der Waals surface area contributed by atoms with Gasteiger partial charge in [0.2, 0.25) is 0 Å². The van der Waals surface area contributed by atoms with Crippen molar-refractivity contribution < 1.29 is 4.42 Å². The minimum atomic E-state index is 0.0259. The lowest BCUT2D eigenvalue weighted by Crippen LogP contribution is -2.17. The van der Waals surface area contributed by atoms with E-state index in [0.717, 1.165) is 34.2 Å². The number of nitrogens with two attached hydrogens (primary N) is 1. The number of rotatable bonds is 4. The van der Waals surface area contributed by atoms with E-state index in [2.05, 4.69) is 10.3 Å². The van der Waals surface area contributed by atoms with Crippen molar-refractivity contribution in [3.63, 3.8) is 0 Å². The Bertz CT molecular complexity index is 649. The Hall–Kier alpha value is -1.88. The van der Waals surface area contributed by atoms with Gasteiger partial charge in [-0.1, -0.05) is 12.2 Å². The number of nitrogens with one attached hydrogen (secondary N) is 1. The first-order valence-electron chi connectivity index (χ1n) is 6.49. The molecule has 20 heavy (non-hydrogen) atoms. The Labute approximate surface area is 124 Å². The number of nitrogens with zero attached hydrogens (tertiary/aromatic N) is 1. The molecular formula is C15H19N3OS. The molecule has 2 heterocycles. The van der Waals surface area contributed by atoms with E-state index < -0.39 is 0 Å². The normalized spacial score (nSPS) is 12.2. The number of anilines is 1. The molecule has 0 bridgehead atoms. The molecular weight excluding hydrogens is 270 g/mol. The first-order chi connectivity index (χ1) is 9.38. The standard InChI is InChI=1S/C15H19N3OS/c1-8-7-12(14(15(16)20)11(4)17-8)18-10(3)13-6-5-9(2)19-13/h5-7,10H,1-4H3,(H2,16,20)(H,17,18). The zero-order valence-electron chi connectivity index (χ0n) is 12.2. The molecule has 0 aromatic carbocycles. The van der Waals surface area contributed by atoms with Crippen molar-refractivity contribution in [3.8, 4) is 0 Å². The summed E-state index contributed by atoms with van der Waals surface area (Å²) in [6.45, 7) is 7.82. The molecule has 2 aromatic rings. The van der Waals surface area contributed by atoms with Gasteiger partial charge in [-0.2, -0.15) is 0 Å². The third-order valence-electron chi connectivity index (χ3n) is 3.13. The summed E-state index contributed by atoms with van der Waals surface area (Å²) in [6, 6.07) is 5.89. The summed E-state index contributed by atoms with van der Waals surface area (Å²) in [5.74, 6) is 1.77. The minimum Gasteiger partial charge on any atom is -0.464 e. The van der Waals surface area contributed by atoms with Gasteiger partial charge in [0.25, 0.3) is 0 Å². The van der Waals surface area contributed by atoms with E-state index in [1.54, 1.807) is 0 Å². The molecule has 0 aliphatic carbocycles. The smallest absolute Gasteiger partial charge is 0.126 e. The number of thiocarbonyl (C=S) groups is 1. The lowest BCUT2D eigenvalue weighted by Gasteiger charge is -2.18. The Balaban J connectivity index is 2.35. The van der Waals surface area contributed by atoms with E-state index in [-0.39, 0.29) is 6.04 Å². The number of aromatic nitrogens is 1. The summed E-state index contributed by atoms with van der Waals surface area (Å²) in [5.41, 5.74) is 9.26. The molecule has 2 rings (SSSR count). The van der Waals surface area contributed by atoms with Crippen molar-refractivity contribution in [2.45, 2.75) is 33.7 Å². The van der Waals surface area contributed by atoms with Crippen LogP contribution in [0.1, 0.15) is 41.4 Å². The Morgan fingerprint density at radius 1 is 1.35 bits per heavy atom. The summed E-state index contributed by atoms with van der Waals surface area (Å²) < 4.78 is 5.64. The number of furan rings is 1. The molecule has 3 N–H and O–H groups in total. The second-order valence-electron chi connectivity index (χ2n) is 4.95. The second kappa shape index (κ2) is 5.63. The van der Waals surface area contributed by atoms with Gasteiger partial charge in [-0.25, -0.2) is 0 Å². The lowest BCUT2D eigenvalue weighted by atomic mass is 10.1. The van der Waals surface area contributed by atoms with Gasteiger partial charge < -0.3 is 15.5 Å². The molecule has 0 amide bonds. The molecule has 0 radical (unpaired) electrons. The van der Waals surface area contributed by atoms with Crippen LogP contribution in [0.25, 0.3) is 0 Å². The summed E-state index contributed by atoms with van der Waals surface area (Å²) in [4.78, 5) is 4.76. The summed E-state index contributed by atoms with van der Waals surface area (Å²) in [5, 5.41) is 3.40. The summed E-state index contributed by atoms with van der Waals surface area (Å²) in [6.07, 6.45) is 0. The van der Waals surface area contributed by atoms with Gasteiger partial charge in [0, 0.05) is 17.1 Å². The molecule has 1 atom stereocenters. The molecule has 0 saturated carbocycles.